The summed E-state index contributed by atoms with van der Waals surface area (Å²) >= 11 is 1.46. The normalized spacial score (nSPS) is 18.3. The molecule has 2 rings (SSSR count). The van der Waals surface area contributed by atoms with Crippen LogP contribution >= 0.6 is 11.8 Å². The van der Waals surface area contributed by atoms with Crippen LogP contribution in [0.3, 0.4) is 0 Å². The fourth-order valence-electron chi connectivity index (χ4n) is 1.53. The van der Waals surface area contributed by atoms with E-state index in [0.717, 1.165) is 10.6 Å². The van der Waals surface area contributed by atoms with Crippen LogP contribution in [0, 0.1) is 0 Å². The molecule has 2 amide bonds. The maximum Gasteiger partial charge on any atom is 0.252 e. The van der Waals surface area contributed by atoms with Crippen molar-refractivity contribution >= 4 is 28.6 Å². The summed E-state index contributed by atoms with van der Waals surface area (Å²) in [5.74, 6) is -0.0368. The lowest BCUT2D eigenvalue weighted by Crippen LogP contribution is -2.36. The third-order valence-corrected chi connectivity index (χ3v) is 3.46. The van der Waals surface area contributed by atoms with Crippen molar-refractivity contribution in [2.24, 2.45) is 4.99 Å². The van der Waals surface area contributed by atoms with Crippen LogP contribution in [0.4, 0.5) is 0 Å². The molecular formula is C12H12N2O3S. The van der Waals surface area contributed by atoms with Crippen molar-refractivity contribution < 1.29 is 14.7 Å². The van der Waals surface area contributed by atoms with Crippen LogP contribution in [-0.4, -0.2) is 33.8 Å². The molecule has 0 fully saturated rings. The number of hydrogen-bond acceptors (Lipinski definition) is 5. The minimum absolute atomic E-state index is 0.188. The van der Waals surface area contributed by atoms with Crippen LogP contribution in [-0.2, 0) is 9.59 Å². The molecule has 5 nitrogen and oxygen atoms in total. The summed E-state index contributed by atoms with van der Waals surface area (Å²) in [4.78, 5) is 26.7. The van der Waals surface area contributed by atoms with E-state index in [2.05, 4.69) is 10.3 Å². The second kappa shape index (κ2) is 5.22. The lowest BCUT2D eigenvalue weighted by atomic mass is 10.2. The zero-order valence-corrected chi connectivity index (χ0v) is 10.5. The molecule has 18 heavy (non-hydrogen) atoms. The third-order valence-electron chi connectivity index (χ3n) is 2.37. The van der Waals surface area contributed by atoms with E-state index in [0.29, 0.717) is 5.75 Å². The number of imide groups is 1. The fraction of sp³-hybridized carbons (Fsp3) is 0.250. The monoisotopic (exact) mass is 264 g/mol. The van der Waals surface area contributed by atoms with Crippen molar-refractivity contribution in [1.29, 1.82) is 0 Å². The van der Waals surface area contributed by atoms with E-state index in [9.17, 15) is 14.7 Å². The van der Waals surface area contributed by atoms with E-state index >= 15 is 0 Å². The Morgan fingerprint density at radius 1 is 1.39 bits per heavy atom. The van der Waals surface area contributed by atoms with Gasteiger partial charge in [0.1, 0.15) is 11.8 Å². The summed E-state index contributed by atoms with van der Waals surface area (Å²) in [6.07, 6.45) is 0. The number of hydrogen-bond donors (Lipinski definition) is 2. The van der Waals surface area contributed by atoms with Gasteiger partial charge >= 0.3 is 0 Å². The average Bonchev–Trinajstić information content (AvgIpc) is 2.78. The largest absolute Gasteiger partial charge is 0.508 e. The highest BCUT2D eigenvalue weighted by Crippen LogP contribution is 2.24. The van der Waals surface area contributed by atoms with Gasteiger partial charge in [-0.3, -0.25) is 19.9 Å². The van der Waals surface area contributed by atoms with E-state index in [1.165, 1.54) is 18.7 Å². The molecule has 0 aliphatic carbocycles. The Bertz CT molecular complexity index is 511. The number of nitrogens with one attached hydrogen (secondary N) is 1. The molecule has 0 radical (unpaired) electrons. The van der Waals surface area contributed by atoms with Crippen LogP contribution < -0.4 is 5.32 Å². The highest BCUT2D eigenvalue weighted by atomic mass is 32.2. The lowest BCUT2D eigenvalue weighted by molar-refractivity contribution is -0.129. The number of rotatable bonds is 2. The summed E-state index contributed by atoms with van der Waals surface area (Å²) in [6.45, 7) is 1.30. The van der Waals surface area contributed by atoms with Gasteiger partial charge in [-0.1, -0.05) is 0 Å². The molecule has 0 aromatic heterocycles. The maximum atomic E-state index is 11.6. The Morgan fingerprint density at radius 3 is 2.67 bits per heavy atom. The van der Waals surface area contributed by atoms with Gasteiger partial charge in [0.25, 0.3) is 5.91 Å². The molecule has 1 aromatic carbocycles. The molecular weight excluding hydrogens is 252 g/mol. The maximum absolute atomic E-state index is 11.6. The second-order valence-electron chi connectivity index (χ2n) is 3.85. The molecule has 0 spiro atoms. The van der Waals surface area contributed by atoms with Crippen molar-refractivity contribution in [3.63, 3.8) is 0 Å². The molecule has 6 heteroatoms. The van der Waals surface area contributed by atoms with Gasteiger partial charge in [-0.25, -0.2) is 0 Å². The minimum atomic E-state index is -0.525. The van der Waals surface area contributed by atoms with Gasteiger partial charge in [0.05, 0.1) is 5.04 Å². The molecule has 1 aromatic rings. The average molecular weight is 264 g/mol. The van der Waals surface area contributed by atoms with Gasteiger partial charge in [0.2, 0.25) is 5.91 Å². The van der Waals surface area contributed by atoms with E-state index in [4.69, 9.17) is 0 Å². The molecule has 0 bridgehead atoms. The SMILES string of the molecule is CC(=O)NC(=O)[C@@H]1CSC(c2ccc(O)cc2)=N1. The molecule has 1 heterocycles. The smallest absolute Gasteiger partial charge is 0.252 e. The first-order valence-electron chi connectivity index (χ1n) is 5.37. The van der Waals surface area contributed by atoms with Gasteiger partial charge in [-0.2, -0.15) is 0 Å². The molecule has 1 aliphatic heterocycles. The number of phenolic OH excluding ortho intramolecular Hbond substituents is 1. The molecule has 0 saturated heterocycles. The van der Waals surface area contributed by atoms with Gasteiger partial charge in [0, 0.05) is 18.2 Å². The van der Waals surface area contributed by atoms with E-state index in [1.807, 2.05) is 0 Å². The highest BCUT2D eigenvalue weighted by molar-refractivity contribution is 8.14. The summed E-state index contributed by atoms with van der Waals surface area (Å²) in [5.41, 5.74) is 0.857. The van der Waals surface area contributed by atoms with Crippen molar-refractivity contribution in [2.45, 2.75) is 13.0 Å². The Kier molecular flexibility index (Phi) is 3.66. The predicted octanol–water partition coefficient (Wildman–Crippen LogP) is 0.917. The van der Waals surface area contributed by atoms with Crippen molar-refractivity contribution in [3.8, 4) is 5.75 Å². The Balaban J connectivity index is 2.10. The molecule has 0 saturated carbocycles. The number of carbonyl (C=O) groups excluding carboxylic acids is 2. The van der Waals surface area contributed by atoms with Crippen LogP contribution in [0.15, 0.2) is 29.3 Å². The standard InChI is InChI=1S/C12H12N2O3S/c1-7(15)13-11(17)10-6-18-12(14-10)8-2-4-9(16)5-3-8/h2-5,10,16H,6H2,1H3,(H,13,15,17)/t10-/m0/s1. The summed E-state index contributed by atoms with van der Waals surface area (Å²) in [5, 5.41) is 12.2. The first kappa shape index (κ1) is 12.6. The zero-order valence-electron chi connectivity index (χ0n) is 9.71. The number of phenols is 1. The van der Waals surface area contributed by atoms with Gasteiger partial charge in [0.15, 0.2) is 0 Å². The van der Waals surface area contributed by atoms with E-state index in [-0.39, 0.29) is 17.6 Å². The summed E-state index contributed by atoms with van der Waals surface area (Å²) in [7, 11) is 0. The van der Waals surface area contributed by atoms with Gasteiger partial charge in [-0.15, -0.1) is 11.8 Å². The predicted molar refractivity (Wildman–Crippen MR) is 69.7 cm³/mol. The van der Waals surface area contributed by atoms with Crippen LogP contribution in [0.1, 0.15) is 12.5 Å². The van der Waals surface area contributed by atoms with Crippen molar-refractivity contribution in [1.82, 2.24) is 5.32 Å². The van der Waals surface area contributed by atoms with Gasteiger partial charge < -0.3 is 5.11 Å². The Labute approximate surface area is 108 Å². The topological polar surface area (TPSA) is 78.8 Å². The number of aromatic hydroxyl groups is 1. The third kappa shape index (κ3) is 2.89. The molecule has 2 N–H and O–H groups in total. The fourth-order valence-corrected chi connectivity index (χ4v) is 2.57. The number of nitrogens with zero attached hydrogens (tertiary/aromatic N) is 1. The van der Waals surface area contributed by atoms with Crippen LogP contribution in [0.25, 0.3) is 0 Å². The van der Waals surface area contributed by atoms with Crippen molar-refractivity contribution in [3.05, 3.63) is 29.8 Å². The van der Waals surface area contributed by atoms with E-state index in [1.54, 1.807) is 24.3 Å². The quantitative estimate of drug-likeness (QED) is 0.832. The Hall–Kier alpha value is -1.82. The number of thioether (sulfide) groups is 1. The van der Waals surface area contributed by atoms with Crippen LogP contribution in [0.2, 0.25) is 0 Å². The number of carbonyl (C=O) groups is 2. The number of amides is 2. The number of benzene rings is 1. The second-order valence-corrected chi connectivity index (χ2v) is 4.86. The van der Waals surface area contributed by atoms with Gasteiger partial charge in [-0.05, 0) is 24.3 Å². The molecule has 0 unspecified atom stereocenters. The molecule has 1 atom stereocenters. The van der Waals surface area contributed by atoms with E-state index < -0.39 is 6.04 Å². The summed E-state index contributed by atoms with van der Waals surface area (Å²) < 4.78 is 0. The highest BCUT2D eigenvalue weighted by Gasteiger charge is 2.26. The lowest BCUT2D eigenvalue weighted by Gasteiger charge is -2.03. The minimum Gasteiger partial charge on any atom is -0.508 e. The first-order valence-corrected chi connectivity index (χ1v) is 6.36. The molecule has 1 aliphatic rings. The van der Waals surface area contributed by atoms with Crippen molar-refractivity contribution in [2.75, 3.05) is 5.75 Å². The molecule has 94 valence electrons. The zero-order chi connectivity index (χ0) is 13.1. The first-order chi connectivity index (χ1) is 8.56. The number of aliphatic imine (C=N–C) groups is 1. The Morgan fingerprint density at radius 2 is 2.06 bits per heavy atom. The van der Waals surface area contributed by atoms with Crippen LogP contribution in [0.5, 0.6) is 5.75 Å². The summed E-state index contributed by atoms with van der Waals surface area (Å²) in [6, 6.07) is 6.10.